The Bertz CT molecular complexity index is 1180. The lowest BCUT2D eigenvalue weighted by Crippen LogP contribution is -2.49. The molecule has 1 aliphatic heterocycles. The third-order valence-corrected chi connectivity index (χ3v) is 7.80. The van der Waals surface area contributed by atoms with E-state index < -0.39 is 0 Å². The summed E-state index contributed by atoms with van der Waals surface area (Å²) in [5.41, 5.74) is 13.5. The number of hydrogen-bond acceptors (Lipinski definition) is 7. The molecule has 0 spiro atoms. The third-order valence-electron chi connectivity index (χ3n) is 5.72. The Morgan fingerprint density at radius 3 is 2.45 bits per heavy atom. The van der Waals surface area contributed by atoms with Crippen LogP contribution in [-0.2, 0) is 7.05 Å². The van der Waals surface area contributed by atoms with Gasteiger partial charge in [-0.15, -0.1) is 0 Å². The van der Waals surface area contributed by atoms with Gasteiger partial charge in [-0.1, -0.05) is 71.4 Å². The summed E-state index contributed by atoms with van der Waals surface area (Å²) < 4.78 is 1.54. The highest BCUT2D eigenvalue weighted by Crippen LogP contribution is 2.37. The average Bonchev–Trinajstić information content (AvgIpc) is 2.83. The number of nitrogens with two attached hydrogens (primary N) is 2. The molecule has 33 heavy (non-hydrogen) atoms. The number of hydrogen-bond donors (Lipinski definition) is 2. The number of benzene rings is 2. The number of aromatic nitrogens is 2. The maximum Gasteiger partial charge on any atom is 0.270 e. The molecule has 1 fully saturated rings. The Balaban J connectivity index is 1.46. The minimum Gasteiger partial charge on any atom is -0.382 e. The van der Waals surface area contributed by atoms with E-state index in [4.69, 9.17) is 34.7 Å². The fourth-order valence-electron chi connectivity index (χ4n) is 3.85. The second-order valence-corrected chi connectivity index (χ2v) is 9.79. The summed E-state index contributed by atoms with van der Waals surface area (Å²) >= 11 is 13.6. The topological polar surface area (TPSA) is 93.4 Å². The second kappa shape index (κ2) is 10.4. The lowest BCUT2D eigenvalue weighted by Gasteiger charge is -2.37. The third kappa shape index (κ3) is 5.31. The van der Waals surface area contributed by atoms with Crippen LogP contribution in [0.3, 0.4) is 0 Å². The summed E-state index contributed by atoms with van der Waals surface area (Å²) in [7, 11) is 1.71. The molecule has 7 nitrogen and oxygen atoms in total. The molecule has 4 rings (SSSR count). The summed E-state index contributed by atoms with van der Waals surface area (Å²) in [6.07, 6.45) is 0. The number of halogens is 2. The van der Waals surface area contributed by atoms with Crippen molar-refractivity contribution in [3.05, 3.63) is 74.5 Å². The SMILES string of the molecule is Cn1c(N2CCN(CC(N)c3ccccc3)CC2)nc(N)c(Sc2cccc(Cl)c2Cl)c1=O. The Morgan fingerprint density at radius 1 is 1.06 bits per heavy atom. The summed E-state index contributed by atoms with van der Waals surface area (Å²) in [6, 6.07) is 15.4. The van der Waals surface area contributed by atoms with Crippen molar-refractivity contribution < 1.29 is 0 Å². The highest BCUT2D eigenvalue weighted by Gasteiger charge is 2.24. The van der Waals surface area contributed by atoms with Crippen molar-refractivity contribution in [2.24, 2.45) is 12.8 Å². The zero-order chi connectivity index (χ0) is 23.5. The molecule has 1 saturated heterocycles. The van der Waals surface area contributed by atoms with Crippen LogP contribution in [0.15, 0.2) is 63.1 Å². The molecule has 1 aliphatic rings. The molecule has 2 heterocycles. The highest BCUT2D eigenvalue weighted by atomic mass is 35.5. The minimum absolute atomic E-state index is 0.0366. The van der Waals surface area contributed by atoms with Gasteiger partial charge in [0, 0.05) is 50.7 Å². The molecule has 0 aliphatic carbocycles. The molecule has 4 N–H and O–H groups in total. The van der Waals surface area contributed by atoms with Crippen molar-refractivity contribution in [3.63, 3.8) is 0 Å². The van der Waals surface area contributed by atoms with E-state index in [1.165, 1.54) is 11.8 Å². The van der Waals surface area contributed by atoms with Crippen LogP contribution >= 0.6 is 35.0 Å². The molecular weight excluding hydrogens is 479 g/mol. The van der Waals surface area contributed by atoms with Gasteiger partial charge in [0.15, 0.2) is 0 Å². The Labute approximate surface area is 207 Å². The van der Waals surface area contributed by atoms with Crippen molar-refractivity contribution in [3.8, 4) is 0 Å². The van der Waals surface area contributed by atoms with Crippen LogP contribution in [0.2, 0.25) is 10.0 Å². The van der Waals surface area contributed by atoms with E-state index in [-0.39, 0.29) is 17.4 Å². The lowest BCUT2D eigenvalue weighted by molar-refractivity contribution is 0.241. The van der Waals surface area contributed by atoms with E-state index in [1.54, 1.807) is 29.8 Å². The molecule has 1 aromatic heterocycles. The van der Waals surface area contributed by atoms with Crippen molar-refractivity contribution in [2.45, 2.75) is 15.8 Å². The smallest absolute Gasteiger partial charge is 0.270 e. The number of anilines is 2. The molecular formula is C23H26Cl2N6OS. The minimum atomic E-state index is -0.216. The maximum atomic E-state index is 13.1. The van der Waals surface area contributed by atoms with E-state index in [0.717, 1.165) is 38.3 Å². The molecule has 0 saturated carbocycles. The Kier molecular flexibility index (Phi) is 7.51. The molecule has 0 bridgehead atoms. The van der Waals surface area contributed by atoms with Crippen LogP contribution < -0.4 is 21.9 Å². The summed E-state index contributed by atoms with van der Waals surface area (Å²) in [6.45, 7) is 3.89. The average molecular weight is 505 g/mol. The number of nitrogens with zero attached hydrogens (tertiary/aromatic N) is 4. The van der Waals surface area contributed by atoms with E-state index >= 15 is 0 Å². The Hall–Kier alpha value is -2.23. The molecule has 2 aromatic carbocycles. The van der Waals surface area contributed by atoms with E-state index in [0.29, 0.717) is 25.8 Å². The van der Waals surface area contributed by atoms with Gasteiger partial charge in [-0.2, -0.15) is 4.98 Å². The second-order valence-electron chi connectivity index (χ2n) is 7.95. The van der Waals surface area contributed by atoms with E-state index in [1.807, 2.05) is 18.2 Å². The first kappa shape index (κ1) is 23.9. The summed E-state index contributed by atoms with van der Waals surface area (Å²) in [5.74, 6) is 0.744. The quantitative estimate of drug-likeness (QED) is 0.529. The Morgan fingerprint density at radius 2 is 1.76 bits per heavy atom. The molecule has 10 heteroatoms. The summed E-state index contributed by atoms with van der Waals surface area (Å²) in [4.78, 5) is 23.1. The zero-order valence-electron chi connectivity index (χ0n) is 18.2. The van der Waals surface area contributed by atoms with Crippen molar-refractivity contribution in [1.29, 1.82) is 0 Å². The van der Waals surface area contributed by atoms with Crippen LogP contribution in [0.1, 0.15) is 11.6 Å². The predicted octanol–water partition coefficient (Wildman–Crippen LogP) is 3.64. The molecule has 174 valence electrons. The van der Waals surface area contributed by atoms with E-state index in [9.17, 15) is 4.79 Å². The number of piperazine rings is 1. The van der Waals surface area contributed by atoms with Crippen LogP contribution in [0, 0.1) is 0 Å². The summed E-state index contributed by atoms with van der Waals surface area (Å²) in [5, 5.41) is 0.811. The van der Waals surface area contributed by atoms with Crippen LogP contribution in [0.4, 0.5) is 11.8 Å². The predicted molar refractivity (Wildman–Crippen MR) is 136 cm³/mol. The molecule has 1 unspecified atom stereocenters. The highest BCUT2D eigenvalue weighted by molar-refractivity contribution is 7.99. The molecule has 3 aromatic rings. The van der Waals surface area contributed by atoms with Gasteiger partial charge in [0.05, 0.1) is 10.0 Å². The van der Waals surface area contributed by atoms with Crippen molar-refractivity contribution in [2.75, 3.05) is 43.4 Å². The van der Waals surface area contributed by atoms with Gasteiger partial charge >= 0.3 is 0 Å². The first-order valence-electron chi connectivity index (χ1n) is 10.6. The van der Waals surface area contributed by atoms with Crippen LogP contribution in [0.25, 0.3) is 0 Å². The molecule has 1 atom stereocenters. The van der Waals surface area contributed by atoms with Crippen molar-refractivity contribution >= 4 is 46.7 Å². The van der Waals surface area contributed by atoms with Crippen LogP contribution in [-0.4, -0.2) is 47.2 Å². The molecule has 0 amide bonds. The van der Waals surface area contributed by atoms with Gasteiger partial charge < -0.3 is 16.4 Å². The van der Waals surface area contributed by atoms with E-state index in [2.05, 4.69) is 26.9 Å². The van der Waals surface area contributed by atoms with Gasteiger partial charge in [-0.3, -0.25) is 14.3 Å². The normalized spacial score (nSPS) is 15.6. The first-order chi connectivity index (χ1) is 15.8. The number of rotatable bonds is 6. The maximum absolute atomic E-state index is 13.1. The van der Waals surface area contributed by atoms with Crippen LogP contribution in [0.5, 0.6) is 0 Å². The van der Waals surface area contributed by atoms with Gasteiger partial charge in [-0.05, 0) is 17.7 Å². The fraction of sp³-hybridized carbons (Fsp3) is 0.304. The largest absolute Gasteiger partial charge is 0.382 e. The number of nitrogen functional groups attached to an aromatic ring is 1. The van der Waals surface area contributed by atoms with Gasteiger partial charge in [-0.25, -0.2) is 0 Å². The fourth-order valence-corrected chi connectivity index (χ4v) is 5.26. The standard InChI is InChI=1S/C23H26Cl2N6OS/c1-29-22(32)20(33-18-9-5-8-16(24)19(18)25)21(27)28-23(29)31-12-10-30(11-13-31)14-17(26)15-6-3-2-4-7-15/h2-9,17H,10-14,26-27H2,1H3. The lowest BCUT2D eigenvalue weighted by atomic mass is 10.1. The van der Waals surface area contributed by atoms with Gasteiger partial charge in [0.25, 0.3) is 5.56 Å². The monoisotopic (exact) mass is 504 g/mol. The van der Waals surface area contributed by atoms with Crippen molar-refractivity contribution in [1.82, 2.24) is 14.5 Å². The zero-order valence-corrected chi connectivity index (χ0v) is 20.6. The van der Waals surface area contributed by atoms with Gasteiger partial charge in [0.1, 0.15) is 10.7 Å². The molecule has 0 radical (unpaired) electrons. The van der Waals surface area contributed by atoms with Gasteiger partial charge in [0.2, 0.25) is 5.95 Å². The first-order valence-corrected chi connectivity index (χ1v) is 12.2.